The topological polar surface area (TPSA) is 75.4 Å². The fourth-order valence-corrected chi connectivity index (χ4v) is 2.09. The Hall–Kier alpha value is -2.40. The molecule has 0 aliphatic heterocycles. The van der Waals surface area contributed by atoms with E-state index in [1.165, 1.54) is 17.7 Å². The number of hydrogen-bond donors (Lipinski definition) is 2. The third-order valence-electron chi connectivity index (χ3n) is 3.58. The number of anilines is 1. The van der Waals surface area contributed by atoms with Crippen LogP contribution >= 0.6 is 0 Å². The largest absolute Gasteiger partial charge is 0.387 e. The summed E-state index contributed by atoms with van der Waals surface area (Å²) in [6.45, 7) is 4.41. The molecule has 0 spiro atoms. The summed E-state index contributed by atoms with van der Waals surface area (Å²) < 4.78 is 0. The molecule has 1 unspecified atom stereocenters. The van der Waals surface area contributed by atoms with Gasteiger partial charge in [-0.15, -0.1) is 0 Å². The number of nitro groups is 1. The van der Waals surface area contributed by atoms with Gasteiger partial charge in [0.15, 0.2) is 0 Å². The van der Waals surface area contributed by atoms with Crippen LogP contribution in [0.15, 0.2) is 42.5 Å². The van der Waals surface area contributed by atoms with Crippen molar-refractivity contribution in [1.29, 1.82) is 0 Å². The number of nitrogens with one attached hydrogen (secondary N) is 1. The molecule has 2 rings (SSSR count). The molecule has 0 aliphatic rings. The van der Waals surface area contributed by atoms with Crippen LogP contribution in [0.5, 0.6) is 0 Å². The number of rotatable bonds is 5. The van der Waals surface area contributed by atoms with Crippen molar-refractivity contribution in [2.75, 3.05) is 11.9 Å². The molecule has 0 fully saturated rings. The number of benzene rings is 2. The molecule has 0 aliphatic carbocycles. The first-order valence-electron chi connectivity index (χ1n) is 6.71. The number of hydrogen-bond acceptors (Lipinski definition) is 4. The van der Waals surface area contributed by atoms with Gasteiger partial charge in [-0.2, -0.15) is 0 Å². The third kappa shape index (κ3) is 3.58. The number of aliphatic hydroxyl groups is 1. The second-order valence-electron chi connectivity index (χ2n) is 4.99. The maximum Gasteiger partial charge on any atom is 0.269 e. The molecular formula is C16H18N2O3. The van der Waals surface area contributed by atoms with Crippen molar-refractivity contribution in [2.24, 2.45) is 0 Å². The molecule has 0 heterocycles. The van der Waals surface area contributed by atoms with E-state index in [0.29, 0.717) is 12.1 Å². The Morgan fingerprint density at radius 1 is 1.19 bits per heavy atom. The minimum absolute atomic E-state index is 0.0217. The number of aliphatic hydroxyl groups excluding tert-OH is 1. The highest BCUT2D eigenvalue weighted by atomic mass is 16.6. The fourth-order valence-electron chi connectivity index (χ4n) is 2.09. The van der Waals surface area contributed by atoms with E-state index in [4.69, 9.17) is 0 Å². The number of non-ortho nitro benzene ring substituents is 1. The van der Waals surface area contributed by atoms with Crippen molar-refractivity contribution < 1.29 is 10.0 Å². The van der Waals surface area contributed by atoms with Crippen LogP contribution in [0.25, 0.3) is 0 Å². The summed E-state index contributed by atoms with van der Waals surface area (Å²) in [7, 11) is 0. The molecule has 2 N–H and O–H groups in total. The van der Waals surface area contributed by atoms with E-state index < -0.39 is 11.0 Å². The van der Waals surface area contributed by atoms with Gasteiger partial charge in [0.1, 0.15) is 0 Å². The smallest absolute Gasteiger partial charge is 0.269 e. The lowest BCUT2D eigenvalue weighted by Crippen LogP contribution is -2.13. The molecule has 2 aromatic carbocycles. The summed E-state index contributed by atoms with van der Waals surface area (Å²) in [5.41, 5.74) is 3.99. The van der Waals surface area contributed by atoms with E-state index >= 15 is 0 Å². The molecule has 0 amide bonds. The molecule has 0 saturated carbocycles. The van der Waals surface area contributed by atoms with Gasteiger partial charge in [0.25, 0.3) is 5.69 Å². The minimum atomic E-state index is -0.717. The van der Waals surface area contributed by atoms with Gasteiger partial charge in [-0.05, 0) is 48.7 Å². The summed E-state index contributed by atoms with van der Waals surface area (Å²) in [5.74, 6) is 0. The molecule has 0 saturated heterocycles. The van der Waals surface area contributed by atoms with Crippen molar-refractivity contribution in [1.82, 2.24) is 0 Å². The second-order valence-corrected chi connectivity index (χ2v) is 4.99. The first kappa shape index (κ1) is 15.0. The molecule has 1 atom stereocenters. The van der Waals surface area contributed by atoms with E-state index in [9.17, 15) is 15.2 Å². The van der Waals surface area contributed by atoms with Gasteiger partial charge in [0.05, 0.1) is 11.0 Å². The highest BCUT2D eigenvalue weighted by Crippen LogP contribution is 2.21. The summed E-state index contributed by atoms with van der Waals surface area (Å²) in [4.78, 5) is 10.1. The quantitative estimate of drug-likeness (QED) is 0.653. The van der Waals surface area contributed by atoms with Crippen molar-refractivity contribution in [3.05, 3.63) is 69.3 Å². The Kier molecular flexibility index (Phi) is 4.55. The molecule has 2 aromatic rings. The molecule has 0 aromatic heterocycles. The first-order valence-corrected chi connectivity index (χ1v) is 6.71. The van der Waals surface area contributed by atoms with Gasteiger partial charge in [-0.1, -0.05) is 12.1 Å². The highest BCUT2D eigenvalue weighted by molar-refractivity contribution is 5.53. The maximum atomic E-state index is 10.6. The van der Waals surface area contributed by atoms with Gasteiger partial charge >= 0.3 is 0 Å². The summed E-state index contributed by atoms with van der Waals surface area (Å²) in [5, 5.41) is 23.9. The number of nitrogens with zero attached hydrogens (tertiary/aromatic N) is 1. The molecular weight excluding hydrogens is 268 g/mol. The predicted molar refractivity (Wildman–Crippen MR) is 82.5 cm³/mol. The van der Waals surface area contributed by atoms with Gasteiger partial charge in [-0.3, -0.25) is 10.1 Å². The lowest BCUT2D eigenvalue weighted by molar-refractivity contribution is -0.384. The zero-order chi connectivity index (χ0) is 15.4. The van der Waals surface area contributed by atoms with Crippen molar-refractivity contribution >= 4 is 11.4 Å². The Bertz CT molecular complexity index is 638. The third-order valence-corrected chi connectivity index (χ3v) is 3.58. The van der Waals surface area contributed by atoms with Crippen molar-refractivity contribution in [2.45, 2.75) is 20.0 Å². The highest BCUT2D eigenvalue weighted by Gasteiger charge is 2.11. The van der Waals surface area contributed by atoms with Crippen LogP contribution < -0.4 is 5.32 Å². The van der Waals surface area contributed by atoms with E-state index in [1.54, 1.807) is 12.1 Å². The van der Waals surface area contributed by atoms with E-state index in [2.05, 4.69) is 5.32 Å². The first-order chi connectivity index (χ1) is 9.99. The molecule has 5 nitrogen and oxygen atoms in total. The summed E-state index contributed by atoms with van der Waals surface area (Å²) in [6.07, 6.45) is -0.717. The molecule has 0 radical (unpaired) electrons. The Morgan fingerprint density at radius 2 is 1.86 bits per heavy atom. The van der Waals surface area contributed by atoms with Crippen LogP contribution in [0.3, 0.4) is 0 Å². The van der Waals surface area contributed by atoms with Crippen LogP contribution in [0.1, 0.15) is 22.8 Å². The molecule has 110 valence electrons. The summed E-state index contributed by atoms with van der Waals surface area (Å²) >= 11 is 0. The van der Waals surface area contributed by atoms with E-state index in [0.717, 1.165) is 11.3 Å². The fraction of sp³-hybridized carbons (Fsp3) is 0.250. The van der Waals surface area contributed by atoms with Crippen LogP contribution in [-0.2, 0) is 0 Å². The van der Waals surface area contributed by atoms with Crippen LogP contribution in [0, 0.1) is 24.0 Å². The Balaban J connectivity index is 2.03. The number of nitro benzene ring substituents is 1. The van der Waals surface area contributed by atoms with Crippen molar-refractivity contribution in [3.8, 4) is 0 Å². The van der Waals surface area contributed by atoms with Gasteiger partial charge in [0.2, 0.25) is 0 Å². The lowest BCUT2D eigenvalue weighted by Gasteiger charge is -2.15. The zero-order valence-electron chi connectivity index (χ0n) is 12.0. The van der Waals surface area contributed by atoms with E-state index in [-0.39, 0.29) is 5.69 Å². The van der Waals surface area contributed by atoms with Gasteiger partial charge in [-0.25, -0.2) is 0 Å². The summed E-state index contributed by atoms with van der Waals surface area (Å²) in [6, 6.07) is 11.9. The van der Waals surface area contributed by atoms with Crippen LogP contribution in [-0.4, -0.2) is 16.6 Å². The second kappa shape index (κ2) is 6.37. The normalized spacial score (nSPS) is 12.0. The Labute approximate surface area is 123 Å². The Morgan fingerprint density at radius 3 is 2.48 bits per heavy atom. The predicted octanol–water partition coefficient (Wildman–Crippen LogP) is 3.36. The van der Waals surface area contributed by atoms with Crippen LogP contribution in [0.4, 0.5) is 11.4 Å². The average molecular weight is 286 g/mol. The molecule has 0 bridgehead atoms. The monoisotopic (exact) mass is 286 g/mol. The molecule has 5 heteroatoms. The van der Waals surface area contributed by atoms with Crippen LogP contribution in [0.2, 0.25) is 0 Å². The van der Waals surface area contributed by atoms with E-state index in [1.807, 2.05) is 32.0 Å². The minimum Gasteiger partial charge on any atom is -0.387 e. The average Bonchev–Trinajstić information content (AvgIpc) is 2.48. The number of aryl methyl sites for hydroxylation is 1. The zero-order valence-corrected chi connectivity index (χ0v) is 12.0. The standard InChI is InChI=1S/C16H18N2O3/c1-11-4-3-5-15(12(11)2)17-10-16(19)13-6-8-14(9-7-13)18(20)21/h3-9,16-17,19H,10H2,1-2H3. The lowest BCUT2D eigenvalue weighted by atomic mass is 10.1. The molecule has 21 heavy (non-hydrogen) atoms. The van der Waals surface area contributed by atoms with Gasteiger partial charge < -0.3 is 10.4 Å². The van der Waals surface area contributed by atoms with Gasteiger partial charge in [0, 0.05) is 24.4 Å². The SMILES string of the molecule is Cc1cccc(NCC(O)c2ccc([N+](=O)[O-])cc2)c1C. The maximum absolute atomic E-state index is 10.6. The van der Waals surface area contributed by atoms with Crippen molar-refractivity contribution in [3.63, 3.8) is 0 Å².